The summed E-state index contributed by atoms with van der Waals surface area (Å²) in [4.78, 5) is 0. The third-order valence-corrected chi connectivity index (χ3v) is 49.1. The molecule has 0 fully saturated rings. The van der Waals surface area contributed by atoms with E-state index in [1.807, 2.05) is 0 Å². The summed E-state index contributed by atoms with van der Waals surface area (Å²) in [6.07, 6.45) is 7.94. The molecule has 0 radical (unpaired) electrons. The van der Waals surface area contributed by atoms with Gasteiger partial charge in [-0.3, -0.25) is 0 Å². The summed E-state index contributed by atoms with van der Waals surface area (Å²) < 4.78 is 2.92. The zero-order valence-electron chi connectivity index (χ0n) is 18.4. The number of benzene rings is 1. The third-order valence-electron chi connectivity index (χ3n) is 7.27. The van der Waals surface area contributed by atoms with Crippen LogP contribution in [0, 0.1) is 0 Å². The van der Waals surface area contributed by atoms with E-state index in [-0.39, 0.29) is 5.54 Å². The average molecular weight is 396 g/mol. The molecular weight excluding hydrogens is 354 g/mol. The SMILES string of the molecule is C[SiH](c1ccccc1)[Ti]([CH3])([CH3])([CH3])([CH3])([CH3])([CH3])[N](C1=CC=CC1)C(C)(C)C. The van der Waals surface area contributed by atoms with Crippen molar-refractivity contribution < 1.29 is 11.0 Å². The van der Waals surface area contributed by atoms with Gasteiger partial charge in [0.05, 0.1) is 0 Å². The van der Waals surface area contributed by atoms with E-state index in [4.69, 9.17) is 0 Å². The molecule has 0 saturated carbocycles. The number of rotatable bonds is 4. The van der Waals surface area contributed by atoms with E-state index in [0.29, 0.717) is 0 Å². The zero-order chi connectivity index (χ0) is 19.5. The van der Waals surface area contributed by atoms with Crippen LogP contribution in [-0.2, 0) is 11.0 Å². The van der Waals surface area contributed by atoms with Gasteiger partial charge in [0.1, 0.15) is 0 Å². The molecule has 1 unspecified atom stereocenters. The molecule has 0 spiro atoms. The van der Waals surface area contributed by atoms with Crippen molar-refractivity contribution in [1.29, 1.82) is 0 Å². The topological polar surface area (TPSA) is 3.24 Å². The molecule has 142 valence electrons. The summed E-state index contributed by atoms with van der Waals surface area (Å²) in [5.41, 5.74) is 1.55. The molecular formula is C22H41NSiTi. The predicted molar refractivity (Wildman–Crippen MR) is 118 cm³/mol. The summed E-state index contributed by atoms with van der Waals surface area (Å²) in [6, 6.07) is 11.3. The predicted octanol–water partition coefficient (Wildman–Crippen LogP) is 6.69. The first kappa shape index (κ1) is 20.7. The van der Waals surface area contributed by atoms with E-state index in [1.165, 1.54) is 5.70 Å². The van der Waals surface area contributed by atoms with Gasteiger partial charge in [-0.2, -0.15) is 0 Å². The summed E-state index contributed by atoms with van der Waals surface area (Å²) in [6.45, 7) is 8.36. The van der Waals surface area contributed by atoms with Crippen molar-refractivity contribution in [3.8, 4) is 0 Å². The average Bonchev–Trinajstić information content (AvgIpc) is 2.87. The Morgan fingerprint density at radius 1 is 0.920 bits per heavy atom. The van der Waals surface area contributed by atoms with Crippen LogP contribution in [0.25, 0.3) is 0 Å². The minimum absolute atomic E-state index is 0.0599. The number of hydrogen-bond acceptors (Lipinski definition) is 1. The monoisotopic (exact) mass is 395 g/mol. The van der Waals surface area contributed by atoms with Gasteiger partial charge in [-0.25, -0.2) is 0 Å². The second-order valence-corrected chi connectivity index (χ2v) is 72.3. The molecule has 0 saturated heterocycles. The van der Waals surface area contributed by atoms with Gasteiger partial charge in [0.15, 0.2) is 0 Å². The zero-order valence-corrected chi connectivity index (χ0v) is 21.1. The maximum atomic E-state index is 2.92. The van der Waals surface area contributed by atoms with Crippen molar-refractivity contribution in [2.24, 2.45) is 0 Å². The van der Waals surface area contributed by atoms with Gasteiger partial charge >= 0.3 is 151 Å². The Kier molecular flexibility index (Phi) is 3.30. The number of nitrogens with zero attached hydrogens (tertiary/aromatic N) is 1. The molecule has 1 aliphatic carbocycles. The van der Waals surface area contributed by atoms with Crippen molar-refractivity contribution >= 4 is 11.8 Å². The molecule has 1 atom stereocenters. The van der Waals surface area contributed by atoms with Gasteiger partial charge in [-0.15, -0.1) is 0 Å². The van der Waals surface area contributed by atoms with Crippen LogP contribution in [0.5, 0.6) is 0 Å². The van der Waals surface area contributed by atoms with Crippen LogP contribution in [0.1, 0.15) is 27.2 Å². The molecule has 0 heterocycles. The normalized spacial score (nSPS) is 22.9. The van der Waals surface area contributed by atoms with E-state index in [2.05, 4.69) is 111 Å². The molecule has 0 aliphatic heterocycles. The first-order valence-electron chi connectivity index (χ1n) is 9.95. The van der Waals surface area contributed by atoms with Crippen LogP contribution in [0.2, 0.25) is 37.9 Å². The van der Waals surface area contributed by atoms with E-state index in [9.17, 15) is 0 Å². The summed E-state index contributed by atoms with van der Waals surface area (Å²) in [7, 11) is -4.63. The van der Waals surface area contributed by atoms with E-state index < -0.39 is 17.6 Å². The van der Waals surface area contributed by atoms with Crippen LogP contribution in [-0.4, -0.2) is 15.6 Å². The molecule has 0 bridgehead atoms. The van der Waals surface area contributed by atoms with Gasteiger partial charge in [0.2, 0.25) is 0 Å². The second-order valence-electron chi connectivity index (χ2n) is 16.6. The van der Waals surface area contributed by atoms with E-state index in [0.717, 1.165) is 6.42 Å². The Morgan fingerprint density at radius 3 is 1.84 bits per heavy atom. The standard InChI is InChI=1S/C9H14N.C7H9Si.6CH3.Ti/c1-9(2,3)10-8-6-4-5-7-8;1-8-7-5-3-2-4-6-7;;;;;;;/h4-6H,7H2,1-3H3;2-6,8H,1H3;6*1H3;/q-1;;;;;;;;+1. The van der Waals surface area contributed by atoms with Gasteiger partial charge in [0.25, 0.3) is 0 Å². The van der Waals surface area contributed by atoms with Crippen LogP contribution in [0.3, 0.4) is 0 Å². The van der Waals surface area contributed by atoms with Crippen LogP contribution < -0.4 is 5.19 Å². The van der Waals surface area contributed by atoms with Crippen molar-refractivity contribution in [3.63, 3.8) is 0 Å². The van der Waals surface area contributed by atoms with Gasteiger partial charge < -0.3 is 0 Å². The fourth-order valence-corrected chi connectivity index (χ4v) is 34.7. The summed E-state index contributed by atoms with van der Waals surface area (Å²) >= 11 is 0. The van der Waals surface area contributed by atoms with Crippen molar-refractivity contribution in [3.05, 3.63) is 54.3 Å². The quantitative estimate of drug-likeness (QED) is 0.513. The fraction of sp³-hybridized carbons (Fsp3) is 0.545. The molecule has 1 nitrogen and oxygen atoms in total. The molecule has 1 aliphatic rings. The fourth-order valence-electron chi connectivity index (χ4n) is 6.19. The molecule has 1 aromatic rings. The molecule has 0 amide bonds. The number of allylic oxidation sites excluding steroid dienone is 3. The maximum absolute atomic E-state index is 4.63. The van der Waals surface area contributed by atoms with Gasteiger partial charge in [-0.05, 0) is 0 Å². The Bertz CT molecular complexity index is 780. The van der Waals surface area contributed by atoms with Crippen LogP contribution in [0.15, 0.2) is 54.3 Å². The molecule has 0 N–H and O–H groups in total. The molecule has 2 rings (SSSR count). The Hall–Kier alpha value is -0.569. The molecule has 0 aromatic heterocycles. The van der Waals surface area contributed by atoms with Crippen molar-refractivity contribution in [2.45, 2.75) is 70.6 Å². The molecule has 3 heteroatoms. The van der Waals surface area contributed by atoms with Crippen LogP contribution in [0.4, 0.5) is 0 Å². The van der Waals surface area contributed by atoms with Gasteiger partial charge in [0, 0.05) is 0 Å². The van der Waals surface area contributed by atoms with Gasteiger partial charge in [-0.1, -0.05) is 0 Å². The van der Waals surface area contributed by atoms with E-state index in [1.54, 1.807) is 5.19 Å². The first-order chi connectivity index (χ1) is 10.7. The van der Waals surface area contributed by atoms with Crippen LogP contribution >= 0.6 is 0 Å². The Labute approximate surface area is 150 Å². The molecule has 25 heavy (non-hydrogen) atoms. The number of hydrogen-bond donors (Lipinski definition) is 0. The van der Waals surface area contributed by atoms with E-state index >= 15 is 0 Å². The van der Waals surface area contributed by atoms with Crippen molar-refractivity contribution in [1.82, 2.24) is 3.38 Å². The Balaban J connectivity index is 2.94. The summed E-state index contributed by atoms with van der Waals surface area (Å²) in [5, 5.41) is 17.7. The summed E-state index contributed by atoms with van der Waals surface area (Å²) in [5.74, 6) is 0. The minimum atomic E-state index is -4.63. The molecule has 1 aromatic carbocycles. The Morgan fingerprint density at radius 2 is 1.44 bits per heavy atom. The van der Waals surface area contributed by atoms with Crippen molar-refractivity contribution in [2.75, 3.05) is 0 Å². The second kappa shape index (κ2) is 3.98. The first-order valence-corrected chi connectivity index (χ1v) is 25.0. The third kappa shape index (κ3) is 3.38.